The molecule has 14 heavy (non-hydrogen) atoms. The monoisotopic (exact) mass is 304 g/mol. The highest BCUT2D eigenvalue weighted by Crippen LogP contribution is 2.20. The zero-order chi connectivity index (χ0) is 10.1. The van der Waals surface area contributed by atoms with Gasteiger partial charge in [0, 0.05) is 0 Å². The molecule has 4 nitrogen and oxygen atoms in total. The first-order chi connectivity index (χ1) is 6.66. The van der Waals surface area contributed by atoms with Crippen LogP contribution in [0.1, 0.15) is 6.42 Å². The average Bonchev–Trinajstić information content (AvgIpc) is 2.47. The van der Waals surface area contributed by atoms with E-state index in [1.807, 2.05) is 12.1 Å². The normalized spacial score (nSPS) is 21.7. The van der Waals surface area contributed by atoms with Crippen molar-refractivity contribution in [2.75, 3.05) is 11.4 Å². The van der Waals surface area contributed by atoms with Crippen molar-refractivity contribution in [1.29, 1.82) is 0 Å². The molecule has 2 heterocycles. The lowest BCUT2D eigenvalue weighted by molar-refractivity contribution is -0.117. The topological polar surface area (TPSA) is 53.4 Å². The van der Waals surface area contributed by atoms with Crippen molar-refractivity contribution >= 4 is 34.2 Å². The fourth-order valence-electron chi connectivity index (χ4n) is 1.47. The van der Waals surface area contributed by atoms with Crippen LogP contribution < -0.4 is 4.90 Å². The van der Waals surface area contributed by atoms with Crippen LogP contribution in [0.2, 0.25) is 0 Å². The van der Waals surface area contributed by atoms with E-state index >= 15 is 0 Å². The third kappa shape index (κ3) is 1.88. The van der Waals surface area contributed by atoms with Gasteiger partial charge in [-0.3, -0.25) is 4.79 Å². The van der Waals surface area contributed by atoms with Crippen LogP contribution in [0, 0.1) is 3.70 Å². The molecule has 0 radical (unpaired) electrons. The molecule has 2 rings (SSSR count). The van der Waals surface area contributed by atoms with E-state index in [1.165, 1.54) is 0 Å². The van der Waals surface area contributed by atoms with Crippen molar-refractivity contribution < 1.29 is 9.90 Å². The van der Waals surface area contributed by atoms with Crippen LogP contribution in [0.4, 0.5) is 5.69 Å². The van der Waals surface area contributed by atoms with Crippen molar-refractivity contribution in [2.45, 2.75) is 12.5 Å². The van der Waals surface area contributed by atoms with Gasteiger partial charge in [-0.25, -0.2) is 4.98 Å². The van der Waals surface area contributed by atoms with Crippen molar-refractivity contribution in [3.8, 4) is 0 Å². The molecule has 0 spiro atoms. The summed E-state index contributed by atoms with van der Waals surface area (Å²) in [6.07, 6.45) is 1.32. The number of rotatable bonds is 1. The summed E-state index contributed by atoms with van der Waals surface area (Å²) < 4.78 is 0.888. The molecule has 1 amide bonds. The van der Waals surface area contributed by atoms with Crippen molar-refractivity contribution in [3.63, 3.8) is 0 Å². The molecule has 1 saturated heterocycles. The van der Waals surface area contributed by atoms with E-state index in [0.29, 0.717) is 6.54 Å². The Bertz CT molecular complexity index is 352. The summed E-state index contributed by atoms with van der Waals surface area (Å²) in [6.45, 7) is 0.376. The second-order valence-corrected chi connectivity index (χ2v) is 4.31. The van der Waals surface area contributed by atoms with Crippen molar-refractivity contribution in [3.05, 3.63) is 22.0 Å². The molecule has 1 fully saturated rings. The molecular weight excluding hydrogens is 295 g/mol. The number of hydrogen-bond acceptors (Lipinski definition) is 3. The van der Waals surface area contributed by atoms with Gasteiger partial charge in [0.2, 0.25) is 5.91 Å². The third-order valence-electron chi connectivity index (χ3n) is 2.13. The van der Waals surface area contributed by atoms with Crippen LogP contribution >= 0.6 is 22.6 Å². The largest absolute Gasteiger partial charge is 0.391 e. The molecule has 1 unspecified atom stereocenters. The molecule has 1 aromatic heterocycles. The van der Waals surface area contributed by atoms with Crippen LogP contribution in [-0.4, -0.2) is 28.6 Å². The number of carbonyl (C=O) groups excluding carboxylic acids is 1. The minimum absolute atomic E-state index is 0.0412. The second kappa shape index (κ2) is 3.82. The summed E-state index contributed by atoms with van der Waals surface area (Å²) in [7, 11) is 0. The number of pyridine rings is 1. The van der Waals surface area contributed by atoms with Gasteiger partial charge in [-0.2, -0.15) is 0 Å². The van der Waals surface area contributed by atoms with E-state index in [4.69, 9.17) is 0 Å². The van der Waals surface area contributed by atoms with Gasteiger partial charge in [0.25, 0.3) is 0 Å². The average molecular weight is 304 g/mol. The third-order valence-corrected chi connectivity index (χ3v) is 2.77. The van der Waals surface area contributed by atoms with Gasteiger partial charge in [0.1, 0.15) is 3.70 Å². The lowest BCUT2D eigenvalue weighted by Gasteiger charge is -2.14. The van der Waals surface area contributed by atoms with E-state index in [1.54, 1.807) is 11.1 Å². The number of halogens is 1. The fraction of sp³-hybridized carbons (Fsp3) is 0.333. The molecule has 0 saturated carbocycles. The van der Waals surface area contributed by atoms with E-state index in [0.717, 1.165) is 9.39 Å². The van der Waals surface area contributed by atoms with Gasteiger partial charge in [-0.05, 0) is 34.7 Å². The van der Waals surface area contributed by atoms with E-state index in [9.17, 15) is 9.90 Å². The highest BCUT2D eigenvalue weighted by atomic mass is 127. The molecular formula is C9H9IN2O2. The summed E-state index contributed by atoms with van der Waals surface area (Å²) in [4.78, 5) is 17.1. The van der Waals surface area contributed by atoms with Crippen LogP contribution in [0.5, 0.6) is 0 Å². The minimum Gasteiger partial charge on any atom is -0.391 e. The lowest BCUT2D eigenvalue weighted by Crippen LogP contribution is -2.25. The smallest absolute Gasteiger partial charge is 0.229 e. The van der Waals surface area contributed by atoms with Gasteiger partial charge >= 0.3 is 0 Å². The van der Waals surface area contributed by atoms with Gasteiger partial charge in [0.15, 0.2) is 0 Å². The molecule has 1 atom stereocenters. The van der Waals surface area contributed by atoms with Crippen molar-refractivity contribution in [2.24, 2.45) is 0 Å². The predicted molar refractivity (Wildman–Crippen MR) is 59.9 cm³/mol. The Morgan fingerprint density at radius 2 is 2.36 bits per heavy atom. The number of aliphatic hydroxyl groups excluding tert-OH is 1. The van der Waals surface area contributed by atoms with Crippen LogP contribution in [0.15, 0.2) is 18.3 Å². The standard InChI is InChI=1S/C9H9IN2O2/c10-8-2-1-6(4-11-8)12-5-7(13)3-9(12)14/h1-2,4,7,13H,3,5H2. The molecule has 5 heteroatoms. The molecule has 74 valence electrons. The van der Waals surface area contributed by atoms with Crippen LogP contribution in [-0.2, 0) is 4.79 Å². The molecule has 1 aromatic rings. The Hall–Kier alpha value is -0.690. The Morgan fingerprint density at radius 3 is 2.86 bits per heavy atom. The lowest BCUT2D eigenvalue weighted by atomic mass is 10.3. The van der Waals surface area contributed by atoms with E-state index in [2.05, 4.69) is 27.6 Å². The first kappa shape index (κ1) is 9.85. The quantitative estimate of drug-likeness (QED) is 0.616. The van der Waals surface area contributed by atoms with Crippen molar-refractivity contribution in [1.82, 2.24) is 4.98 Å². The molecule has 0 aromatic carbocycles. The fourth-order valence-corrected chi connectivity index (χ4v) is 1.79. The maximum absolute atomic E-state index is 11.4. The number of carbonyl (C=O) groups is 1. The number of aromatic nitrogens is 1. The summed E-state index contributed by atoms with van der Waals surface area (Å²) in [5.41, 5.74) is 0.756. The number of nitrogens with zero attached hydrogens (tertiary/aromatic N) is 2. The summed E-state index contributed by atoms with van der Waals surface area (Å²) >= 11 is 2.11. The maximum Gasteiger partial charge on any atom is 0.229 e. The maximum atomic E-state index is 11.4. The highest BCUT2D eigenvalue weighted by Gasteiger charge is 2.28. The van der Waals surface area contributed by atoms with Gasteiger partial charge in [-0.15, -0.1) is 0 Å². The number of aliphatic hydroxyl groups is 1. The Balaban J connectivity index is 2.23. The molecule has 0 aliphatic carbocycles. The molecule has 1 aliphatic heterocycles. The van der Waals surface area contributed by atoms with Gasteiger partial charge in [0.05, 0.1) is 31.0 Å². The van der Waals surface area contributed by atoms with Gasteiger partial charge < -0.3 is 10.0 Å². The first-order valence-electron chi connectivity index (χ1n) is 4.27. The number of hydrogen-bond donors (Lipinski definition) is 1. The first-order valence-corrected chi connectivity index (χ1v) is 5.34. The predicted octanol–water partition coefficient (Wildman–Crippen LogP) is 0.784. The number of β-amino-alcohol motifs (C(OH)–C–C–N with tert-alkyl or cyclic N) is 1. The summed E-state index contributed by atoms with van der Waals surface area (Å²) in [5, 5.41) is 9.30. The van der Waals surface area contributed by atoms with Crippen LogP contribution in [0.3, 0.4) is 0 Å². The molecule has 1 aliphatic rings. The second-order valence-electron chi connectivity index (χ2n) is 3.20. The Labute approximate surface area is 95.1 Å². The number of amides is 1. The summed E-state index contributed by atoms with van der Waals surface area (Å²) in [6, 6.07) is 3.68. The van der Waals surface area contributed by atoms with E-state index < -0.39 is 6.10 Å². The van der Waals surface area contributed by atoms with Gasteiger partial charge in [-0.1, -0.05) is 0 Å². The Morgan fingerprint density at radius 1 is 1.57 bits per heavy atom. The SMILES string of the molecule is O=C1CC(O)CN1c1ccc(I)nc1. The highest BCUT2D eigenvalue weighted by molar-refractivity contribution is 14.1. The molecule has 0 bridgehead atoms. The molecule has 1 N–H and O–H groups in total. The zero-order valence-electron chi connectivity index (χ0n) is 7.35. The van der Waals surface area contributed by atoms with Crippen LogP contribution in [0.25, 0.3) is 0 Å². The van der Waals surface area contributed by atoms with E-state index in [-0.39, 0.29) is 12.3 Å². The zero-order valence-corrected chi connectivity index (χ0v) is 9.51. The number of anilines is 1. The summed E-state index contributed by atoms with van der Waals surface area (Å²) in [5.74, 6) is -0.0412. The minimum atomic E-state index is -0.540. The Kier molecular flexibility index (Phi) is 2.69.